The molecule has 6 aromatic rings. The number of likely N-dealkylation sites (tertiary alicyclic amines) is 2. The van der Waals surface area contributed by atoms with Crippen molar-refractivity contribution in [3.05, 3.63) is 48.6 Å². The van der Waals surface area contributed by atoms with Crippen molar-refractivity contribution in [1.29, 1.82) is 0 Å². The van der Waals surface area contributed by atoms with Crippen molar-refractivity contribution in [3.63, 3.8) is 0 Å². The standard InChI is InChI=1S/2C19H27N7O/c2*1-2-14-12-25(6-5-24-7-9-27-10-8-24)13-15(14)19-23-22-17-11-21-18-16(26(17)19)3-4-20-18/h2*3-4,11,14-15,20H,2,5-10,12-13H2,1H3/t2*14-,15+/m10/s1. The first-order valence-electron chi connectivity index (χ1n) is 20.1. The zero-order valence-electron chi connectivity index (χ0n) is 31.7. The van der Waals surface area contributed by atoms with Crippen molar-refractivity contribution in [2.45, 2.75) is 38.5 Å². The topological polar surface area (TPSA) is 149 Å². The van der Waals surface area contributed by atoms with E-state index in [0.717, 1.165) is 163 Å². The predicted molar refractivity (Wildman–Crippen MR) is 206 cm³/mol. The Balaban J connectivity index is 0.000000142. The molecule has 2 N–H and O–H groups in total. The summed E-state index contributed by atoms with van der Waals surface area (Å²) in [7, 11) is 0. The molecule has 4 fully saturated rings. The quantitative estimate of drug-likeness (QED) is 0.213. The van der Waals surface area contributed by atoms with E-state index in [1.54, 1.807) is 12.4 Å². The van der Waals surface area contributed by atoms with E-state index in [0.29, 0.717) is 23.7 Å². The summed E-state index contributed by atoms with van der Waals surface area (Å²) < 4.78 is 15.3. The minimum absolute atomic E-state index is 0.412. The molecule has 4 aliphatic rings. The van der Waals surface area contributed by atoms with Crippen LogP contribution in [0.15, 0.2) is 36.9 Å². The van der Waals surface area contributed by atoms with E-state index < -0.39 is 0 Å². The number of fused-ring (bicyclic) bond motifs is 6. The molecule has 0 bridgehead atoms. The van der Waals surface area contributed by atoms with Crippen LogP contribution in [0, 0.1) is 11.8 Å². The lowest BCUT2D eigenvalue weighted by Crippen LogP contribution is -2.41. The Labute approximate surface area is 315 Å². The summed E-state index contributed by atoms with van der Waals surface area (Å²) in [5.41, 5.74) is 5.57. The van der Waals surface area contributed by atoms with Gasteiger partial charge in [-0.05, 0) is 24.0 Å². The second-order valence-electron chi connectivity index (χ2n) is 15.4. The van der Waals surface area contributed by atoms with Crippen molar-refractivity contribution >= 4 is 33.6 Å². The molecule has 0 aromatic carbocycles. The average molecular weight is 739 g/mol. The molecule has 54 heavy (non-hydrogen) atoms. The molecule has 0 spiro atoms. The zero-order valence-corrected chi connectivity index (χ0v) is 31.7. The fourth-order valence-electron chi connectivity index (χ4n) is 9.19. The highest BCUT2D eigenvalue weighted by Gasteiger charge is 2.37. The first-order valence-corrected chi connectivity index (χ1v) is 20.1. The smallest absolute Gasteiger partial charge is 0.179 e. The molecule has 4 atom stereocenters. The summed E-state index contributed by atoms with van der Waals surface area (Å²) in [4.78, 5) is 25.5. The first-order chi connectivity index (χ1) is 26.7. The van der Waals surface area contributed by atoms with E-state index in [1.807, 2.05) is 12.4 Å². The summed E-state index contributed by atoms with van der Waals surface area (Å²) in [5.74, 6) is 4.22. The van der Waals surface area contributed by atoms with Crippen molar-refractivity contribution in [3.8, 4) is 0 Å². The Morgan fingerprint density at radius 2 is 1.00 bits per heavy atom. The number of ether oxygens (including phenoxy) is 2. The fourth-order valence-corrected chi connectivity index (χ4v) is 9.19. The van der Waals surface area contributed by atoms with Crippen molar-refractivity contribution in [2.24, 2.45) is 11.8 Å². The second-order valence-corrected chi connectivity index (χ2v) is 15.4. The van der Waals surface area contributed by atoms with Gasteiger partial charge in [-0.25, -0.2) is 9.97 Å². The van der Waals surface area contributed by atoms with Crippen LogP contribution in [0.25, 0.3) is 33.6 Å². The predicted octanol–water partition coefficient (Wildman–Crippen LogP) is 2.73. The molecule has 0 aliphatic carbocycles. The van der Waals surface area contributed by atoms with Gasteiger partial charge in [0.15, 0.2) is 22.6 Å². The van der Waals surface area contributed by atoms with E-state index in [1.165, 1.54) is 0 Å². The van der Waals surface area contributed by atoms with Gasteiger partial charge in [0.1, 0.15) is 11.6 Å². The van der Waals surface area contributed by atoms with E-state index >= 15 is 0 Å². The monoisotopic (exact) mass is 738 g/mol. The number of nitrogens with one attached hydrogen (secondary N) is 2. The van der Waals surface area contributed by atoms with Gasteiger partial charge < -0.3 is 29.2 Å². The number of aromatic nitrogens is 10. The third-order valence-corrected chi connectivity index (χ3v) is 12.4. The fraction of sp³-hybridized carbons (Fsp3) is 0.632. The zero-order chi connectivity index (χ0) is 36.4. The van der Waals surface area contributed by atoms with Crippen LogP contribution in [0.3, 0.4) is 0 Å². The Hall–Kier alpha value is -4.06. The summed E-state index contributed by atoms with van der Waals surface area (Å²) in [6, 6.07) is 4.13. The van der Waals surface area contributed by atoms with Crippen molar-refractivity contribution in [1.82, 2.24) is 68.7 Å². The Morgan fingerprint density at radius 3 is 1.43 bits per heavy atom. The Bertz CT molecular complexity index is 1980. The lowest BCUT2D eigenvalue weighted by molar-refractivity contribution is 0.0342. The van der Waals surface area contributed by atoms with Crippen molar-refractivity contribution in [2.75, 3.05) is 105 Å². The largest absolute Gasteiger partial charge is 0.379 e. The summed E-state index contributed by atoms with van der Waals surface area (Å²) >= 11 is 0. The number of nitrogens with zero attached hydrogens (tertiary/aromatic N) is 12. The van der Waals surface area contributed by atoms with Crippen LogP contribution in [-0.2, 0) is 9.47 Å². The molecule has 10 heterocycles. The number of hydrogen-bond donors (Lipinski definition) is 2. The van der Waals surface area contributed by atoms with Gasteiger partial charge in [-0.15, -0.1) is 20.4 Å². The molecule has 4 saturated heterocycles. The van der Waals surface area contributed by atoms with Gasteiger partial charge in [0, 0.05) is 103 Å². The number of H-pyrrole nitrogens is 2. The molecule has 16 heteroatoms. The van der Waals surface area contributed by atoms with Crippen LogP contribution >= 0.6 is 0 Å². The SMILES string of the molecule is CC[C@@H]1CN(CCN2CCOCC2)C[C@@H]1c1nnc2cnc3[nH]ccc3n12.CC[C@H]1CN(CCN2CCOCC2)C[C@H]1c1nnc2cnc3[nH]ccc3n12. The lowest BCUT2D eigenvalue weighted by atomic mass is 9.93. The molecule has 288 valence electrons. The molecular formula is C38H54N14O2. The number of morpholine rings is 2. The molecule has 0 amide bonds. The second kappa shape index (κ2) is 16.0. The van der Waals surface area contributed by atoms with Crippen LogP contribution in [0.4, 0.5) is 0 Å². The maximum atomic E-state index is 5.46. The molecule has 16 nitrogen and oxygen atoms in total. The van der Waals surface area contributed by atoms with Gasteiger partial charge in [-0.1, -0.05) is 26.7 Å². The third-order valence-electron chi connectivity index (χ3n) is 12.4. The van der Waals surface area contributed by atoms with Crippen molar-refractivity contribution < 1.29 is 9.47 Å². The van der Waals surface area contributed by atoms with Crippen LogP contribution in [0.1, 0.15) is 50.2 Å². The molecule has 4 aliphatic heterocycles. The van der Waals surface area contributed by atoms with Gasteiger partial charge in [-0.2, -0.15) is 0 Å². The van der Waals surface area contributed by atoms with Gasteiger partial charge in [0.05, 0.1) is 49.9 Å². The van der Waals surface area contributed by atoms with Crippen LogP contribution < -0.4 is 0 Å². The number of rotatable bonds is 10. The van der Waals surface area contributed by atoms with Gasteiger partial charge in [-0.3, -0.25) is 18.6 Å². The molecule has 0 unspecified atom stereocenters. The third kappa shape index (κ3) is 7.10. The molecular weight excluding hydrogens is 685 g/mol. The highest BCUT2D eigenvalue weighted by Crippen LogP contribution is 2.36. The molecule has 0 saturated carbocycles. The maximum absolute atomic E-state index is 5.46. The summed E-state index contributed by atoms with van der Waals surface area (Å²) in [6.45, 7) is 21.2. The lowest BCUT2D eigenvalue weighted by Gasteiger charge is -2.28. The normalized spacial score (nSPS) is 25.1. The van der Waals surface area contributed by atoms with Gasteiger partial charge in [0.25, 0.3) is 0 Å². The molecule has 10 rings (SSSR count). The highest BCUT2D eigenvalue weighted by atomic mass is 16.5. The summed E-state index contributed by atoms with van der Waals surface area (Å²) in [5, 5.41) is 18.0. The van der Waals surface area contributed by atoms with Gasteiger partial charge >= 0.3 is 0 Å². The molecule has 0 radical (unpaired) electrons. The van der Waals surface area contributed by atoms with E-state index in [-0.39, 0.29) is 0 Å². The minimum atomic E-state index is 0.412. The Kier molecular flexibility index (Phi) is 10.5. The first kappa shape index (κ1) is 35.6. The van der Waals surface area contributed by atoms with Crippen LogP contribution in [0.2, 0.25) is 0 Å². The van der Waals surface area contributed by atoms with Gasteiger partial charge in [0.2, 0.25) is 0 Å². The Morgan fingerprint density at radius 1 is 0.574 bits per heavy atom. The maximum Gasteiger partial charge on any atom is 0.179 e. The van der Waals surface area contributed by atoms with Crippen LogP contribution in [0.5, 0.6) is 0 Å². The van der Waals surface area contributed by atoms with E-state index in [4.69, 9.17) is 9.47 Å². The van der Waals surface area contributed by atoms with E-state index in [9.17, 15) is 0 Å². The highest BCUT2D eigenvalue weighted by molar-refractivity contribution is 5.75. The molecule has 6 aromatic heterocycles. The number of aromatic amines is 2. The average Bonchev–Trinajstić information content (AvgIpc) is 4.07. The number of hydrogen-bond acceptors (Lipinski definition) is 12. The van der Waals surface area contributed by atoms with E-state index in [2.05, 4.69) is 94.7 Å². The minimum Gasteiger partial charge on any atom is -0.379 e. The summed E-state index contributed by atoms with van der Waals surface area (Å²) in [6.07, 6.45) is 9.80. The van der Waals surface area contributed by atoms with Crippen LogP contribution in [-0.4, -0.2) is 174 Å².